The normalized spacial score (nSPS) is 21.7. The smallest absolute Gasteiger partial charge is 0.296 e. The first-order valence-corrected chi connectivity index (χ1v) is 12.6. The van der Waals surface area contributed by atoms with Crippen molar-refractivity contribution in [1.29, 1.82) is 0 Å². The summed E-state index contributed by atoms with van der Waals surface area (Å²) in [5.41, 5.74) is 5.39. The molecule has 2 saturated heterocycles. The molecule has 0 amide bonds. The van der Waals surface area contributed by atoms with E-state index in [0.717, 1.165) is 28.7 Å². The summed E-state index contributed by atoms with van der Waals surface area (Å²) in [6.07, 6.45) is 1.37. The molecule has 3 atom stereocenters. The molecular weight excluding hydrogens is 478 g/mol. The zero-order chi connectivity index (χ0) is 24.9. The Kier molecular flexibility index (Phi) is 5.96. The zero-order valence-corrected chi connectivity index (χ0v) is 21.0. The summed E-state index contributed by atoms with van der Waals surface area (Å²) < 4.78 is 17.6. The van der Waals surface area contributed by atoms with Gasteiger partial charge in [0.2, 0.25) is 0 Å². The first-order valence-electron chi connectivity index (χ1n) is 12.2. The maximum Gasteiger partial charge on any atom is 0.296 e. The van der Waals surface area contributed by atoms with Crippen molar-refractivity contribution >= 4 is 22.8 Å². The fourth-order valence-electron chi connectivity index (χ4n) is 4.96. The number of hydrogen-bond donors (Lipinski definition) is 2. The highest BCUT2D eigenvalue weighted by molar-refractivity contribution is 6.33. The average molecular weight is 506 g/mol. The van der Waals surface area contributed by atoms with Crippen LogP contribution in [-0.2, 0) is 15.9 Å². The predicted octanol–water partition coefficient (Wildman–Crippen LogP) is 5.19. The van der Waals surface area contributed by atoms with Crippen molar-refractivity contribution in [1.82, 2.24) is 15.0 Å². The minimum atomic E-state index is -0.726. The number of halogens is 1. The molecule has 2 N–H and O–H groups in total. The van der Waals surface area contributed by atoms with Crippen LogP contribution < -0.4 is 4.74 Å². The molecule has 0 saturated carbocycles. The van der Waals surface area contributed by atoms with Crippen LogP contribution in [-0.4, -0.2) is 57.2 Å². The molecule has 36 heavy (non-hydrogen) atoms. The molecule has 4 heterocycles. The van der Waals surface area contributed by atoms with Crippen LogP contribution in [0.15, 0.2) is 54.6 Å². The first kappa shape index (κ1) is 23.4. The Hall–Kier alpha value is -2.97. The lowest BCUT2D eigenvalue weighted by molar-refractivity contribution is 0.0273. The third-order valence-corrected chi connectivity index (χ3v) is 6.96. The third kappa shape index (κ3) is 4.72. The van der Waals surface area contributed by atoms with Gasteiger partial charge in [-0.25, -0.2) is 4.98 Å². The topological polar surface area (TPSA) is 89.5 Å². The maximum atomic E-state index is 10.0. The lowest BCUT2D eigenvalue weighted by Gasteiger charge is -2.17. The summed E-state index contributed by atoms with van der Waals surface area (Å²) in [5.74, 6) is 0. The minimum Gasteiger partial charge on any atom is -0.456 e. The Morgan fingerprint density at radius 2 is 1.72 bits per heavy atom. The van der Waals surface area contributed by atoms with Gasteiger partial charge >= 0.3 is 0 Å². The summed E-state index contributed by atoms with van der Waals surface area (Å²) in [7, 11) is 0. The number of pyridine rings is 1. The fraction of sp³-hybridized carbons (Fsp3) is 0.357. The van der Waals surface area contributed by atoms with Crippen LogP contribution >= 0.6 is 11.6 Å². The van der Waals surface area contributed by atoms with E-state index in [-0.39, 0.29) is 18.3 Å². The van der Waals surface area contributed by atoms with E-state index in [1.54, 1.807) is 0 Å². The third-order valence-electron chi connectivity index (χ3n) is 6.67. The lowest BCUT2D eigenvalue weighted by atomic mass is 9.96. The van der Waals surface area contributed by atoms with Crippen LogP contribution in [0.1, 0.15) is 25.8 Å². The van der Waals surface area contributed by atoms with Gasteiger partial charge in [0.1, 0.15) is 6.10 Å². The number of hydrogen-bond acceptors (Lipinski definition) is 6. The molecule has 1 unspecified atom stereocenters. The number of benzene rings is 2. The van der Waals surface area contributed by atoms with Crippen molar-refractivity contribution in [3.63, 3.8) is 0 Å². The minimum absolute atomic E-state index is 0.0541. The summed E-state index contributed by atoms with van der Waals surface area (Å²) in [4.78, 5) is 12.4. The molecule has 7 nitrogen and oxygen atoms in total. The number of fused-ring (bicyclic) bond motifs is 2. The SMILES string of the molecule is CC(C)(O)Cc1ccc(-c2ccc(-c3nc4nc(OC5CO[C@@H]6CCO[C@H]56)[nH]c4cc3Cl)cc2)cc1. The number of H-pyrrole nitrogens is 1. The van der Waals surface area contributed by atoms with Gasteiger partial charge < -0.3 is 24.3 Å². The Bertz CT molecular complexity index is 1380. The molecule has 8 heteroatoms. The van der Waals surface area contributed by atoms with Gasteiger partial charge in [-0.1, -0.05) is 60.1 Å². The van der Waals surface area contributed by atoms with Crippen molar-refractivity contribution in [3.8, 4) is 28.4 Å². The number of aliphatic hydroxyl groups is 1. The van der Waals surface area contributed by atoms with Gasteiger partial charge in [-0.05, 0) is 43.0 Å². The maximum absolute atomic E-state index is 10.0. The highest BCUT2D eigenvalue weighted by Gasteiger charge is 2.43. The molecule has 6 rings (SSSR count). The molecule has 2 aromatic heterocycles. The van der Waals surface area contributed by atoms with Crippen LogP contribution in [0.4, 0.5) is 0 Å². The van der Waals surface area contributed by atoms with Gasteiger partial charge in [-0.3, -0.25) is 0 Å². The van der Waals surface area contributed by atoms with Crippen molar-refractivity contribution in [2.75, 3.05) is 13.2 Å². The van der Waals surface area contributed by atoms with E-state index < -0.39 is 5.60 Å². The average Bonchev–Trinajstić information content (AvgIpc) is 3.55. The monoisotopic (exact) mass is 505 g/mol. The highest BCUT2D eigenvalue weighted by atomic mass is 35.5. The standard InChI is InChI=1S/C28H28ClN3O4/c1-28(2,33)14-16-3-5-17(6-4-16)18-7-9-19(10-8-18)24-20(29)13-21-26(31-24)32-27(30-21)36-23-15-35-22-11-12-34-25(22)23/h3-10,13,22-23,25,33H,11-12,14-15H2,1-2H3,(H,30,31,32)/t22-,23?,25+/m1/s1. The van der Waals surface area contributed by atoms with Crippen molar-refractivity contribution in [2.24, 2.45) is 0 Å². The van der Waals surface area contributed by atoms with Gasteiger partial charge in [0, 0.05) is 18.6 Å². The van der Waals surface area contributed by atoms with Crippen molar-refractivity contribution in [3.05, 3.63) is 65.2 Å². The number of imidazole rings is 1. The van der Waals surface area contributed by atoms with Crippen LogP contribution in [0.2, 0.25) is 5.02 Å². The van der Waals surface area contributed by atoms with Crippen LogP contribution in [0.5, 0.6) is 6.01 Å². The van der Waals surface area contributed by atoms with Gasteiger partial charge in [-0.15, -0.1) is 0 Å². The molecule has 2 fully saturated rings. The quantitative estimate of drug-likeness (QED) is 0.374. The number of ether oxygens (including phenoxy) is 3. The molecule has 186 valence electrons. The van der Waals surface area contributed by atoms with Crippen LogP contribution in [0.25, 0.3) is 33.5 Å². The molecule has 0 spiro atoms. The number of aromatic nitrogens is 3. The van der Waals surface area contributed by atoms with Crippen LogP contribution in [0, 0.1) is 0 Å². The van der Waals surface area contributed by atoms with Gasteiger partial charge in [-0.2, -0.15) is 4.98 Å². The van der Waals surface area contributed by atoms with E-state index in [2.05, 4.69) is 46.4 Å². The van der Waals surface area contributed by atoms with E-state index in [4.69, 9.17) is 30.8 Å². The molecule has 4 aromatic rings. The Morgan fingerprint density at radius 3 is 2.44 bits per heavy atom. The highest BCUT2D eigenvalue weighted by Crippen LogP contribution is 2.33. The number of nitrogens with one attached hydrogen (secondary N) is 1. The largest absolute Gasteiger partial charge is 0.456 e. The summed E-state index contributed by atoms with van der Waals surface area (Å²) >= 11 is 6.61. The van der Waals surface area contributed by atoms with E-state index in [9.17, 15) is 5.11 Å². The first-order chi connectivity index (χ1) is 17.3. The second-order valence-corrected chi connectivity index (χ2v) is 10.6. The van der Waals surface area contributed by atoms with Gasteiger partial charge in [0.25, 0.3) is 6.01 Å². The van der Waals surface area contributed by atoms with E-state index in [1.165, 1.54) is 0 Å². The summed E-state index contributed by atoms with van der Waals surface area (Å²) in [6, 6.07) is 18.6. The molecule has 0 radical (unpaired) electrons. The summed E-state index contributed by atoms with van der Waals surface area (Å²) in [6.45, 7) is 4.82. The second kappa shape index (κ2) is 9.16. The molecule has 2 aliphatic heterocycles. The molecule has 0 bridgehead atoms. The number of aromatic amines is 1. The lowest BCUT2D eigenvalue weighted by Crippen LogP contribution is -2.32. The van der Waals surface area contributed by atoms with Crippen molar-refractivity contribution in [2.45, 2.75) is 50.6 Å². The van der Waals surface area contributed by atoms with Crippen molar-refractivity contribution < 1.29 is 19.3 Å². The van der Waals surface area contributed by atoms with E-state index >= 15 is 0 Å². The van der Waals surface area contributed by atoms with E-state index in [0.29, 0.717) is 47.5 Å². The summed E-state index contributed by atoms with van der Waals surface area (Å²) in [5, 5.41) is 10.6. The van der Waals surface area contributed by atoms with Gasteiger partial charge in [0.15, 0.2) is 11.8 Å². The molecular formula is C28H28ClN3O4. The Morgan fingerprint density at radius 1 is 1.03 bits per heavy atom. The Balaban J connectivity index is 1.21. The molecule has 2 aromatic carbocycles. The predicted molar refractivity (Wildman–Crippen MR) is 138 cm³/mol. The number of nitrogens with zero attached hydrogens (tertiary/aromatic N) is 2. The molecule has 0 aliphatic carbocycles. The fourth-order valence-corrected chi connectivity index (χ4v) is 5.22. The zero-order valence-electron chi connectivity index (χ0n) is 20.2. The van der Waals surface area contributed by atoms with Gasteiger partial charge in [0.05, 0.1) is 34.5 Å². The Labute approximate surface area is 214 Å². The number of rotatable bonds is 6. The second-order valence-electron chi connectivity index (χ2n) is 10.1. The molecule has 2 aliphatic rings. The van der Waals surface area contributed by atoms with E-state index in [1.807, 2.05) is 32.0 Å². The van der Waals surface area contributed by atoms with Crippen LogP contribution in [0.3, 0.4) is 0 Å².